The summed E-state index contributed by atoms with van der Waals surface area (Å²) < 4.78 is 26.1. The van der Waals surface area contributed by atoms with Crippen molar-refractivity contribution in [2.24, 2.45) is 0 Å². The fourth-order valence-electron chi connectivity index (χ4n) is 1.56. The molecule has 10 heteroatoms. The molecule has 1 unspecified atom stereocenters. The number of thiophene rings is 1. The summed E-state index contributed by atoms with van der Waals surface area (Å²) in [4.78, 5) is 15.8. The van der Waals surface area contributed by atoms with Crippen LogP contribution in [0.25, 0.3) is 0 Å². The van der Waals surface area contributed by atoms with Crippen LogP contribution >= 0.6 is 11.3 Å². The van der Waals surface area contributed by atoms with E-state index in [2.05, 4.69) is 25.2 Å². The van der Waals surface area contributed by atoms with Crippen LogP contribution in [0.5, 0.6) is 0 Å². The Labute approximate surface area is 126 Å². The first kappa shape index (κ1) is 15.6. The first-order chi connectivity index (χ1) is 9.88. The quantitative estimate of drug-likeness (QED) is 0.706. The Morgan fingerprint density at radius 2 is 2.29 bits per heavy atom. The number of carbonyl (C=O) groups excluding carboxylic acids is 1. The zero-order valence-corrected chi connectivity index (χ0v) is 13.1. The molecule has 0 saturated carbocycles. The summed E-state index contributed by atoms with van der Waals surface area (Å²) in [5, 5.41) is 10.9. The molecule has 1 amide bonds. The van der Waals surface area contributed by atoms with Gasteiger partial charge >= 0.3 is 0 Å². The Hall–Kier alpha value is -1.78. The lowest BCUT2D eigenvalue weighted by Crippen LogP contribution is -2.38. The van der Waals surface area contributed by atoms with E-state index in [9.17, 15) is 13.2 Å². The van der Waals surface area contributed by atoms with E-state index in [4.69, 9.17) is 0 Å². The van der Waals surface area contributed by atoms with Gasteiger partial charge in [0.05, 0.1) is 12.6 Å². The number of hydrogen-bond donors (Lipinski definition) is 3. The summed E-state index contributed by atoms with van der Waals surface area (Å²) in [6, 6.07) is 2.70. The summed E-state index contributed by atoms with van der Waals surface area (Å²) >= 11 is 1.09. The Morgan fingerprint density at radius 1 is 1.52 bits per heavy atom. The van der Waals surface area contributed by atoms with Crippen molar-refractivity contribution in [3.05, 3.63) is 29.2 Å². The molecule has 0 aliphatic carbocycles. The number of amides is 1. The molecule has 2 aromatic rings. The van der Waals surface area contributed by atoms with Gasteiger partial charge in [-0.05, 0) is 25.3 Å². The first-order valence-corrected chi connectivity index (χ1v) is 8.46. The summed E-state index contributed by atoms with van der Waals surface area (Å²) in [5.74, 6) is 0.636. The van der Waals surface area contributed by atoms with E-state index in [0.717, 1.165) is 11.3 Å². The maximum atomic E-state index is 11.8. The maximum absolute atomic E-state index is 11.8. The minimum atomic E-state index is -3.64. The van der Waals surface area contributed by atoms with Crippen LogP contribution < -0.4 is 10.0 Å². The largest absolute Gasteiger partial charge is 0.345 e. The van der Waals surface area contributed by atoms with Crippen LogP contribution in [0.3, 0.4) is 0 Å². The average molecular weight is 329 g/mol. The smallest absolute Gasteiger partial charge is 0.250 e. The standard InChI is InChI=1S/C11H15N5O3S2/c1-7(11-14-8(2)15-16-11)13-9(17)6-12-21(18,19)10-4-3-5-20-10/h3-5,7,12H,6H2,1-2H3,(H,13,17)(H,14,15,16). The van der Waals surface area contributed by atoms with E-state index in [-0.39, 0.29) is 10.8 Å². The number of rotatable bonds is 6. The summed E-state index contributed by atoms with van der Waals surface area (Å²) in [6.45, 7) is 3.13. The lowest BCUT2D eigenvalue weighted by atomic mass is 10.3. The van der Waals surface area contributed by atoms with Crippen LogP contribution in [0.1, 0.15) is 24.6 Å². The topological polar surface area (TPSA) is 117 Å². The van der Waals surface area contributed by atoms with Gasteiger partial charge in [-0.15, -0.1) is 11.3 Å². The highest BCUT2D eigenvalue weighted by Gasteiger charge is 2.18. The molecular weight excluding hydrogens is 314 g/mol. The lowest BCUT2D eigenvalue weighted by molar-refractivity contribution is -0.120. The van der Waals surface area contributed by atoms with Crippen LogP contribution in [-0.4, -0.2) is 36.1 Å². The molecule has 2 aromatic heterocycles. The number of sulfonamides is 1. The molecule has 0 fully saturated rings. The number of carbonyl (C=O) groups is 1. The van der Waals surface area contributed by atoms with Crippen molar-refractivity contribution in [3.8, 4) is 0 Å². The molecule has 2 rings (SSSR count). The van der Waals surface area contributed by atoms with Gasteiger partial charge in [0.2, 0.25) is 5.91 Å². The summed E-state index contributed by atoms with van der Waals surface area (Å²) in [5.41, 5.74) is 0. The monoisotopic (exact) mass is 329 g/mol. The third-order valence-electron chi connectivity index (χ3n) is 2.56. The fraction of sp³-hybridized carbons (Fsp3) is 0.364. The maximum Gasteiger partial charge on any atom is 0.250 e. The van der Waals surface area contributed by atoms with Gasteiger partial charge in [0, 0.05) is 0 Å². The molecule has 2 heterocycles. The molecule has 114 valence electrons. The highest BCUT2D eigenvalue weighted by molar-refractivity contribution is 7.91. The summed E-state index contributed by atoms with van der Waals surface area (Å²) in [6.07, 6.45) is 0. The molecule has 0 radical (unpaired) electrons. The van der Waals surface area contributed by atoms with Gasteiger partial charge in [0.1, 0.15) is 10.0 Å². The first-order valence-electron chi connectivity index (χ1n) is 6.10. The Balaban J connectivity index is 1.88. The van der Waals surface area contributed by atoms with E-state index in [1.807, 2.05) is 0 Å². The predicted molar refractivity (Wildman–Crippen MR) is 77.2 cm³/mol. The predicted octanol–water partition coefficient (Wildman–Crippen LogP) is 0.330. The molecular formula is C11H15N5O3S2. The van der Waals surface area contributed by atoms with E-state index in [0.29, 0.717) is 11.6 Å². The molecule has 21 heavy (non-hydrogen) atoms. The van der Waals surface area contributed by atoms with Gasteiger partial charge < -0.3 is 5.32 Å². The molecule has 0 bridgehead atoms. The zero-order chi connectivity index (χ0) is 15.5. The van der Waals surface area contributed by atoms with Crippen molar-refractivity contribution >= 4 is 27.3 Å². The average Bonchev–Trinajstić information content (AvgIpc) is 3.07. The molecule has 0 aliphatic heterocycles. The van der Waals surface area contributed by atoms with E-state index in [1.165, 1.54) is 6.07 Å². The van der Waals surface area contributed by atoms with Gasteiger partial charge in [-0.2, -0.15) is 5.10 Å². The van der Waals surface area contributed by atoms with Crippen LogP contribution in [0.4, 0.5) is 0 Å². The lowest BCUT2D eigenvalue weighted by Gasteiger charge is -2.10. The number of aryl methyl sites for hydroxylation is 1. The van der Waals surface area contributed by atoms with Crippen molar-refractivity contribution in [2.75, 3.05) is 6.54 Å². The Bertz CT molecular complexity index is 708. The minimum absolute atomic E-state index is 0.174. The van der Waals surface area contributed by atoms with Gasteiger partial charge in [0.15, 0.2) is 5.82 Å². The second-order valence-electron chi connectivity index (χ2n) is 4.32. The van der Waals surface area contributed by atoms with Crippen LogP contribution in [-0.2, 0) is 14.8 Å². The molecule has 0 spiro atoms. The van der Waals surface area contributed by atoms with E-state index >= 15 is 0 Å². The SMILES string of the molecule is Cc1nc(C(C)NC(=O)CNS(=O)(=O)c2cccs2)n[nH]1. The number of H-pyrrole nitrogens is 1. The van der Waals surface area contributed by atoms with Gasteiger partial charge in [0.25, 0.3) is 10.0 Å². The Morgan fingerprint density at radius 3 is 2.86 bits per heavy atom. The molecule has 1 atom stereocenters. The van der Waals surface area contributed by atoms with Crippen molar-refractivity contribution in [2.45, 2.75) is 24.1 Å². The number of aromatic nitrogens is 3. The van der Waals surface area contributed by atoms with Gasteiger partial charge in [-0.1, -0.05) is 6.07 Å². The van der Waals surface area contributed by atoms with Crippen LogP contribution in [0, 0.1) is 6.92 Å². The third kappa shape index (κ3) is 4.09. The number of nitrogens with zero attached hydrogens (tertiary/aromatic N) is 2. The van der Waals surface area contributed by atoms with Crippen molar-refractivity contribution in [1.82, 2.24) is 25.2 Å². The Kier molecular flexibility index (Phi) is 4.70. The van der Waals surface area contributed by atoms with E-state index < -0.39 is 22.0 Å². The summed E-state index contributed by atoms with van der Waals surface area (Å²) in [7, 11) is -3.64. The van der Waals surface area contributed by atoms with Gasteiger partial charge in [-0.3, -0.25) is 9.89 Å². The molecule has 0 aliphatic rings. The molecule has 8 nitrogen and oxygen atoms in total. The van der Waals surface area contributed by atoms with Crippen LogP contribution in [0.15, 0.2) is 21.7 Å². The van der Waals surface area contributed by atoms with Crippen molar-refractivity contribution in [3.63, 3.8) is 0 Å². The fourth-order valence-corrected chi connectivity index (χ4v) is 3.58. The van der Waals surface area contributed by atoms with Gasteiger partial charge in [-0.25, -0.2) is 18.1 Å². The second kappa shape index (κ2) is 6.33. The van der Waals surface area contributed by atoms with Crippen molar-refractivity contribution in [1.29, 1.82) is 0 Å². The normalized spacial score (nSPS) is 13.0. The highest BCUT2D eigenvalue weighted by atomic mass is 32.2. The molecule has 0 aromatic carbocycles. The zero-order valence-electron chi connectivity index (χ0n) is 11.5. The highest BCUT2D eigenvalue weighted by Crippen LogP contribution is 2.14. The number of nitrogens with one attached hydrogen (secondary N) is 3. The van der Waals surface area contributed by atoms with Crippen LogP contribution in [0.2, 0.25) is 0 Å². The third-order valence-corrected chi connectivity index (χ3v) is 5.36. The second-order valence-corrected chi connectivity index (χ2v) is 7.27. The molecule has 3 N–H and O–H groups in total. The molecule has 0 saturated heterocycles. The van der Waals surface area contributed by atoms with E-state index in [1.54, 1.807) is 25.3 Å². The number of hydrogen-bond acceptors (Lipinski definition) is 6. The minimum Gasteiger partial charge on any atom is -0.345 e. The number of aromatic amines is 1. The van der Waals surface area contributed by atoms with Crippen molar-refractivity contribution < 1.29 is 13.2 Å².